The van der Waals surface area contributed by atoms with Crippen LogP contribution in [-0.2, 0) is 11.2 Å². The number of carbonyl (C=O) groups is 1. The summed E-state index contributed by atoms with van der Waals surface area (Å²) in [5, 5.41) is 0. The molecule has 1 aliphatic heterocycles. The highest BCUT2D eigenvalue weighted by molar-refractivity contribution is 5.76. The summed E-state index contributed by atoms with van der Waals surface area (Å²) in [5.41, 5.74) is 1.26. The second-order valence-corrected chi connectivity index (χ2v) is 4.80. The summed E-state index contributed by atoms with van der Waals surface area (Å²) in [5.74, 6) is 1.15. The van der Waals surface area contributed by atoms with Gasteiger partial charge in [-0.3, -0.25) is 4.79 Å². The number of rotatable bonds is 5. The van der Waals surface area contributed by atoms with Crippen molar-refractivity contribution >= 4 is 5.91 Å². The third-order valence-electron chi connectivity index (χ3n) is 3.43. The van der Waals surface area contributed by atoms with Crippen molar-refractivity contribution in [3.63, 3.8) is 0 Å². The van der Waals surface area contributed by atoms with Crippen LogP contribution in [0.3, 0.4) is 0 Å². The monoisotopic (exact) mass is 259 g/mol. The second-order valence-electron chi connectivity index (χ2n) is 4.80. The molecule has 0 atom stereocenters. The standard InChI is InChI=1S/C16H21NO2/c1-19-15-10-8-14(9-11-15)6-5-7-16(18)17-12-3-2-4-13-17/h2-3,8-11H,4-7,12-13H2,1H3. The third-order valence-corrected chi connectivity index (χ3v) is 3.43. The van der Waals surface area contributed by atoms with Crippen LogP contribution in [0.4, 0.5) is 0 Å². The highest BCUT2D eigenvalue weighted by Crippen LogP contribution is 2.14. The van der Waals surface area contributed by atoms with E-state index in [1.54, 1.807) is 7.11 Å². The lowest BCUT2D eigenvalue weighted by molar-refractivity contribution is -0.130. The topological polar surface area (TPSA) is 29.5 Å². The van der Waals surface area contributed by atoms with Gasteiger partial charge in [0, 0.05) is 19.5 Å². The summed E-state index contributed by atoms with van der Waals surface area (Å²) in [6.45, 7) is 1.65. The van der Waals surface area contributed by atoms with Crippen molar-refractivity contribution in [2.45, 2.75) is 25.7 Å². The lowest BCUT2D eigenvalue weighted by atomic mass is 10.1. The Morgan fingerprint density at radius 2 is 2.05 bits per heavy atom. The van der Waals surface area contributed by atoms with Gasteiger partial charge in [0.05, 0.1) is 7.11 Å². The number of nitrogens with zero attached hydrogens (tertiary/aromatic N) is 1. The Bertz CT molecular complexity index is 437. The average Bonchev–Trinajstić information content (AvgIpc) is 2.49. The van der Waals surface area contributed by atoms with Crippen LogP contribution in [0.2, 0.25) is 0 Å². The van der Waals surface area contributed by atoms with E-state index in [1.165, 1.54) is 5.56 Å². The minimum Gasteiger partial charge on any atom is -0.497 e. The largest absolute Gasteiger partial charge is 0.497 e. The van der Waals surface area contributed by atoms with Gasteiger partial charge in [-0.2, -0.15) is 0 Å². The number of methoxy groups -OCH3 is 1. The number of hydrogen-bond acceptors (Lipinski definition) is 2. The molecule has 3 nitrogen and oxygen atoms in total. The number of ether oxygens (including phenoxy) is 1. The van der Waals surface area contributed by atoms with E-state index in [1.807, 2.05) is 17.0 Å². The van der Waals surface area contributed by atoms with E-state index in [9.17, 15) is 4.79 Å². The summed E-state index contributed by atoms with van der Waals surface area (Å²) in [4.78, 5) is 13.9. The smallest absolute Gasteiger partial charge is 0.222 e. The Kier molecular flexibility index (Phi) is 5.01. The van der Waals surface area contributed by atoms with E-state index in [-0.39, 0.29) is 5.91 Å². The first-order chi connectivity index (χ1) is 9.29. The average molecular weight is 259 g/mol. The first-order valence-corrected chi connectivity index (χ1v) is 6.85. The molecule has 1 aliphatic rings. The van der Waals surface area contributed by atoms with E-state index in [4.69, 9.17) is 4.74 Å². The lowest BCUT2D eigenvalue weighted by Crippen LogP contribution is -2.33. The van der Waals surface area contributed by atoms with Crippen molar-refractivity contribution in [1.29, 1.82) is 0 Å². The fourth-order valence-corrected chi connectivity index (χ4v) is 2.26. The molecule has 3 heteroatoms. The molecule has 0 radical (unpaired) electrons. The van der Waals surface area contributed by atoms with Gasteiger partial charge in [0.1, 0.15) is 5.75 Å². The van der Waals surface area contributed by atoms with Crippen molar-refractivity contribution < 1.29 is 9.53 Å². The van der Waals surface area contributed by atoms with E-state index < -0.39 is 0 Å². The Labute approximate surface area is 114 Å². The molecule has 0 fully saturated rings. The zero-order chi connectivity index (χ0) is 13.5. The van der Waals surface area contributed by atoms with Crippen LogP contribution in [-0.4, -0.2) is 31.0 Å². The van der Waals surface area contributed by atoms with Crippen LogP contribution in [0.5, 0.6) is 5.75 Å². The van der Waals surface area contributed by atoms with E-state index in [2.05, 4.69) is 24.3 Å². The van der Waals surface area contributed by atoms with E-state index in [0.717, 1.165) is 38.1 Å². The van der Waals surface area contributed by atoms with Gasteiger partial charge in [-0.15, -0.1) is 0 Å². The van der Waals surface area contributed by atoms with Gasteiger partial charge in [-0.25, -0.2) is 0 Å². The predicted molar refractivity (Wildman–Crippen MR) is 76.3 cm³/mol. The molecule has 1 heterocycles. The van der Waals surface area contributed by atoms with Gasteiger partial charge in [-0.1, -0.05) is 24.3 Å². The molecule has 1 aromatic rings. The highest BCUT2D eigenvalue weighted by Gasteiger charge is 2.12. The molecule has 102 valence electrons. The van der Waals surface area contributed by atoms with Crippen molar-refractivity contribution in [3.05, 3.63) is 42.0 Å². The third kappa shape index (κ3) is 4.12. The number of benzene rings is 1. The van der Waals surface area contributed by atoms with Crippen molar-refractivity contribution in [2.24, 2.45) is 0 Å². The first-order valence-electron chi connectivity index (χ1n) is 6.85. The molecular weight excluding hydrogens is 238 g/mol. The molecule has 0 spiro atoms. The highest BCUT2D eigenvalue weighted by atomic mass is 16.5. The van der Waals surface area contributed by atoms with Gasteiger partial charge in [0.25, 0.3) is 0 Å². The summed E-state index contributed by atoms with van der Waals surface area (Å²) in [7, 11) is 1.67. The normalized spacial score (nSPS) is 14.5. The molecule has 0 saturated carbocycles. The molecule has 1 aromatic carbocycles. The zero-order valence-corrected chi connectivity index (χ0v) is 11.5. The van der Waals surface area contributed by atoms with Crippen molar-refractivity contribution in [3.8, 4) is 5.75 Å². The Morgan fingerprint density at radius 1 is 1.26 bits per heavy atom. The molecular formula is C16H21NO2. The van der Waals surface area contributed by atoms with Crippen LogP contribution >= 0.6 is 0 Å². The van der Waals surface area contributed by atoms with Gasteiger partial charge >= 0.3 is 0 Å². The number of hydrogen-bond donors (Lipinski definition) is 0. The molecule has 0 N–H and O–H groups in total. The summed E-state index contributed by atoms with van der Waals surface area (Å²) >= 11 is 0. The molecule has 0 aliphatic carbocycles. The molecule has 0 aromatic heterocycles. The molecule has 1 amide bonds. The van der Waals surface area contributed by atoms with E-state index in [0.29, 0.717) is 6.42 Å². The SMILES string of the molecule is COc1ccc(CCCC(=O)N2CC=CCC2)cc1. The maximum absolute atomic E-state index is 12.0. The summed E-state index contributed by atoms with van der Waals surface area (Å²) < 4.78 is 5.12. The maximum Gasteiger partial charge on any atom is 0.222 e. The zero-order valence-electron chi connectivity index (χ0n) is 11.5. The Morgan fingerprint density at radius 3 is 2.68 bits per heavy atom. The fourth-order valence-electron chi connectivity index (χ4n) is 2.26. The van der Waals surface area contributed by atoms with Crippen LogP contribution in [0.25, 0.3) is 0 Å². The molecule has 2 rings (SSSR count). The summed E-state index contributed by atoms with van der Waals surface area (Å²) in [6, 6.07) is 8.05. The molecule has 0 bridgehead atoms. The Balaban J connectivity index is 1.73. The van der Waals surface area contributed by atoms with E-state index >= 15 is 0 Å². The number of carbonyl (C=O) groups excluding carboxylic acids is 1. The van der Waals surface area contributed by atoms with Crippen molar-refractivity contribution in [2.75, 3.05) is 20.2 Å². The fraction of sp³-hybridized carbons (Fsp3) is 0.438. The predicted octanol–water partition coefficient (Wildman–Crippen LogP) is 2.81. The lowest BCUT2D eigenvalue weighted by Gasteiger charge is -2.23. The van der Waals surface area contributed by atoms with Crippen LogP contribution in [0.1, 0.15) is 24.8 Å². The second kappa shape index (κ2) is 6.98. The van der Waals surface area contributed by atoms with Gasteiger partial charge < -0.3 is 9.64 Å². The number of aryl methyl sites for hydroxylation is 1. The van der Waals surface area contributed by atoms with Gasteiger partial charge in [-0.05, 0) is 37.0 Å². The van der Waals surface area contributed by atoms with Gasteiger partial charge in [0.2, 0.25) is 5.91 Å². The minimum absolute atomic E-state index is 0.276. The van der Waals surface area contributed by atoms with Crippen molar-refractivity contribution in [1.82, 2.24) is 4.90 Å². The summed E-state index contributed by atoms with van der Waals surface area (Å²) in [6.07, 6.45) is 7.70. The minimum atomic E-state index is 0.276. The van der Waals surface area contributed by atoms with Gasteiger partial charge in [0.15, 0.2) is 0 Å². The molecule has 19 heavy (non-hydrogen) atoms. The maximum atomic E-state index is 12.0. The Hall–Kier alpha value is -1.77. The quantitative estimate of drug-likeness (QED) is 0.761. The first kappa shape index (κ1) is 13.7. The van der Waals surface area contributed by atoms with Crippen LogP contribution < -0.4 is 4.74 Å². The number of amides is 1. The molecule has 0 unspecified atom stereocenters. The van der Waals surface area contributed by atoms with Crippen LogP contribution in [0, 0.1) is 0 Å². The molecule has 0 saturated heterocycles. The van der Waals surface area contributed by atoms with Crippen LogP contribution in [0.15, 0.2) is 36.4 Å².